The average molecular weight is 217 g/mol. The number of pyridine rings is 1. The third-order valence-electron chi connectivity index (χ3n) is 2.84. The maximum atomic E-state index is 8.86. The van der Waals surface area contributed by atoms with Gasteiger partial charge in [-0.15, -0.1) is 0 Å². The third-order valence-corrected chi connectivity index (χ3v) is 2.84. The van der Waals surface area contributed by atoms with Crippen LogP contribution in [0.4, 0.5) is 11.5 Å². The van der Waals surface area contributed by atoms with Gasteiger partial charge in [0.2, 0.25) is 0 Å². The summed E-state index contributed by atoms with van der Waals surface area (Å²) in [6.45, 7) is 3.93. The van der Waals surface area contributed by atoms with Crippen molar-refractivity contribution in [3.63, 3.8) is 0 Å². The minimum absolute atomic E-state index is 0.316. The Kier molecular flexibility index (Phi) is 2.93. The van der Waals surface area contributed by atoms with Crippen LogP contribution in [-0.2, 0) is 0 Å². The highest BCUT2D eigenvalue weighted by Crippen LogP contribution is 2.17. The van der Waals surface area contributed by atoms with Gasteiger partial charge in [-0.25, -0.2) is 4.98 Å². The Balaban J connectivity index is 2.18. The molecule has 1 aromatic heterocycles. The van der Waals surface area contributed by atoms with E-state index in [9.17, 15) is 0 Å². The van der Waals surface area contributed by atoms with Gasteiger partial charge >= 0.3 is 0 Å². The first kappa shape index (κ1) is 10.7. The SMILES string of the molecule is CN1CCN(c2ccc(N)c(C#N)n2)CC1. The van der Waals surface area contributed by atoms with E-state index in [0.717, 1.165) is 32.0 Å². The van der Waals surface area contributed by atoms with Gasteiger partial charge in [0.1, 0.15) is 11.9 Å². The van der Waals surface area contributed by atoms with Gasteiger partial charge in [0.05, 0.1) is 5.69 Å². The van der Waals surface area contributed by atoms with Gasteiger partial charge in [0, 0.05) is 26.2 Å². The monoisotopic (exact) mass is 217 g/mol. The summed E-state index contributed by atoms with van der Waals surface area (Å²) in [6.07, 6.45) is 0. The molecule has 2 heterocycles. The van der Waals surface area contributed by atoms with E-state index in [2.05, 4.69) is 21.8 Å². The summed E-state index contributed by atoms with van der Waals surface area (Å²) in [4.78, 5) is 8.72. The van der Waals surface area contributed by atoms with E-state index in [1.807, 2.05) is 12.1 Å². The zero-order valence-electron chi connectivity index (χ0n) is 9.35. The van der Waals surface area contributed by atoms with Gasteiger partial charge in [0.25, 0.3) is 0 Å². The topological polar surface area (TPSA) is 69.2 Å². The fourth-order valence-corrected chi connectivity index (χ4v) is 1.76. The predicted molar refractivity (Wildman–Crippen MR) is 63.1 cm³/mol. The van der Waals surface area contributed by atoms with E-state index < -0.39 is 0 Å². The molecule has 0 spiro atoms. The van der Waals surface area contributed by atoms with Crippen molar-refractivity contribution in [1.82, 2.24) is 9.88 Å². The Hall–Kier alpha value is -1.80. The summed E-state index contributed by atoms with van der Waals surface area (Å²) in [5.41, 5.74) is 6.40. The molecule has 0 aromatic carbocycles. The second-order valence-corrected chi connectivity index (χ2v) is 4.01. The van der Waals surface area contributed by atoms with Crippen molar-refractivity contribution in [2.75, 3.05) is 43.9 Å². The maximum Gasteiger partial charge on any atom is 0.165 e. The highest BCUT2D eigenvalue weighted by molar-refractivity contribution is 5.55. The second-order valence-electron chi connectivity index (χ2n) is 4.01. The first-order chi connectivity index (χ1) is 7.70. The molecule has 1 fully saturated rings. The first-order valence-electron chi connectivity index (χ1n) is 5.31. The quantitative estimate of drug-likeness (QED) is 0.732. The van der Waals surface area contributed by atoms with E-state index in [0.29, 0.717) is 11.4 Å². The number of hydrogen-bond donors (Lipinski definition) is 1. The highest BCUT2D eigenvalue weighted by atomic mass is 15.3. The van der Waals surface area contributed by atoms with Crippen LogP contribution in [0.15, 0.2) is 12.1 Å². The number of nitriles is 1. The zero-order chi connectivity index (χ0) is 11.5. The Labute approximate surface area is 95.1 Å². The number of likely N-dealkylation sites (N-methyl/N-ethyl adjacent to an activating group) is 1. The van der Waals surface area contributed by atoms with Crippen molar-refractivity contribution in [1.29, 1.82) is 5.26 Å². The molecule has 0 bridgehead atoms. The molecule has 1 aliphatic rings. The molecule has 1 aromatic rings. The van der Waals surface area contributed by atoms with E-state index >= 15 is 0 Å². The van der Waals surface area contributed by atoms with Crippen molar-refractivity contribution in [2.24, 2.45) is 0 Å². The molecular weight excluding hydrogens is 202 g/mol. The number of aromatic nitrogens is 1. The zero-order valence-corrected chi connectivity index (χ0v) is 9.35. The lowest BCUT2D eigenvalue weighted by molar-refractivity contribution is 0.312. The van der Waals surface area contributed by atoms with Gasteiger partial charge in [-0.2, -0.15) is 5.26 Å². The van der Waals surface area contributed by atoms with Crippen LogP contribution in [0.3, 0.4) is 0 Å². The minimum atomic E-state index is 0.316. The lowest BCUT2D eigenvalue weighted by Crippen LogP contribution is -2.44. The van der Waals surface area contributed by atoms with E-state index in [1.165, 1.54) is 0 Å². The van der Waals surface area contributed by atoms with E-state index in [-0.39, 0.29) is 0 Å². The van der Waals surface area contributed by atoms with Crippen LogP contribution < -0.4 is 10.6 Å². The summed E-state index contributed by atoms with van der Waals surface area (Å²) in [5, 5.41) is 8.86. The van der Waals surface area contributed by atoms with Crippen molar-refractivity contribution < 1.29 is 0 Å². The van der Waals surface area contributed by atoms with Gasteiger partial charge < -0.3 is 15.5 Å². The molecule has 1 aliphatic heterocycles. The van der Waals surface area contributed by atoms with Crippen molar-refractivity contribution in [2.45, 2.75) is 0 Å². The smallest absolute Gasteiger partial charge is 0.165 e. The summed E-state index contributed by atoms with van der Waals surface area (Å²) < 4.78 is 0. The molecule has 2 N–H and O–H groups in total. The van der Waals surface area contributed by atoms with Crippen LogP contribution >= 0.6 is 0 Å². The molecule has 5 heteroatoms. The maximum absolute atomic E-state index is 8.86. The number of anilines is 2. The van der Waals surface area contributed by atoms with Crippen molar-refractivity contribution in [3.05, 3.63) is 17.8 Å². The second kappa shape index (κ2) is 4.37. The standard InChI is InChI=1S/C11H15N5/c1-15-4-6-16(7-5-15)11-3-2-9(13)10(8-12)14-11/h2-3H,4-7,13H2,1H3. The number of nitrogen functional groups attached to an aromatic ring is 1. The van der Waals surface area contributed by atoms with Gasteiger partial charge in [-0.3, -0.25) is 0 Å². The fourth-order valence-electron chi connectivity index (χ4n) is 1.76. The Morgan fingerprint density at radius 2 is 2.00 bits per heavy atom. The fraction of sp³-hybridized carbons (Fsp3) is 0.455. The largest absolute Gasteiger partial charge is 0.396 e. The van der Waals surface area contributed by atoms with Crippen LogP contribution in [-0.4, -0.2) is 43.1 Å². The summed E-state index contributed by atoms with van der Waals surface area (Å²) in [7, 11) is 2.11. The van der Waals surface area contributed by atoms with Crippen molar-refractivity contribution >= 4 is 11.5 Å². The molecular formula is C11H15N5. The van der Waals surface area contributed by atoms with E-state index in [1.54, 1.807) is 6.07 Å². The van der Waals surface area contributed by atoms with Crippen LogP contribution in [0.2, 0.25) is 0 Å². The molecule has 1 saturated heterocycles. The molecule has 0 atom stereocenters. The van der Waals surface area contributed by atoms with Crippen LogP contribution in [0.1, 0.15) is 5.69 Å². The Morgan fingerprint density at radius 1 is 1.31 bits per heavy atom. The summed E-state index contributed by atoms with van der Waals surface area (Å²) in [5.74, 6) is 0.846. The molecule has 0 amide bonds. The lowest BCUT2D eigenvalue weighted by atomic mass is 10.2. The number of nitrogens with zero attached hydrogens (tertiary/aromatic N) is 4. The highest BCUT2D eigenvalue weighted by Gasteiger charge is 2.15. The van der Waals surface area contributed by atoms with Crippen LogP contribution in [0.5, 0.6) is 0 Å². The van der Waals surface area contributed by atoms with E-state index in [4.69, 9.17) is 11.0 Å². The molecule has 5 nitrogen and oxygen atoms in total. The van der Waals surface area contributed by atoms with Crippen LogP contribution in [0, 0.1) is 11.3 Å². The number of piperazine rings is 1. The minimum Gasteiger partial charge on any atom is -0.396 e. The Morgan fingerprint density at radius 3 is 2.62 bits per heavy atom. The van der Waals surface area contributed by atoms with Gasteiger partial charge in [-0.05, 0) is 19.2 Å². The molecule has 84 valence electrons. The van der Waals surface area contributed by atoms with Gasteiger partial charge in [0.15, 0.2) is 5.69 Å². The summed E-state index contributed by atoms with van der Waals surface area (Å²) >= 11 is 0. The van der Waals surface area contributed by atoms with Crippen LogP contribution in [0.25, 0.3) is 0 Å². The number of hydrogen-bond acceptors (Lipinski definition) is 5. The normalized spacial score (nSPS) is 17.1. The molecule has 0 unspecified atom stereocenters. The molecule has 16 heavy (non-hydrogen) atoms. The molecule has 0 aliphatic carbocycles. The lowest BCUT2D eigenvalue weighted by Gasteiger charge is -2.33. The first-order valence-corrected chi connectivity index (χ1v) is 5.31. The Bertz CT molecular complexity index is 415. The number of rotatable bonds is 1. The summed E-state index contributed by atoms with van der Waals surface area (Å²) in [6, 6.07) is 5.64. The van der Waals surface area contributed by atoms with Crippen molar-refractivity contribution in [3.8, 4) is 6.07 Å². The predicted octanol–water partition coefficient (Wildman–Crippen LogP) is 0.287. The molecule has 0 saturated carbocycles. The number of nitrogens with two attached hydrogens (primary N) is 1. The average Bonchev–Trinajstić information content (AvgIpc) is 2.31. The third kappa shape index (κ3) is 2.07. The molecule has 2 rings (SSSR count). The molecule has 0 radical (unpaired) electrons. The van der Waals surface area contributed by atoms with Gasteiger partial charge in [-0.1, -0.05) is 0 Å².